The van der Waals surface area contributed by atoms with Crippen molar-refractivity contribution >= 4 is 11.9 Å². The lowest BCUT2D eigenvalue weighted by Crippen LogP contribution is -2.15. The highest BCUT2D eigenvalue weighted by molar-refractivity contribution is 5.95. The van der Waals surface area contributed by atoms with Crippen LogP contribution in [0.15, 0.2) is 30.4 Å². The van der Waals surface area contributed by atoms with Crippen LogP contribution in [0.5, 0.6) is 5.75 Å². The first-order chi connectivity index (χ1) is 8.02. The van der Waals surface area contributed by atoms with Crippen LogP contribution in [0, 0.1) is 5.82 Å². The topological polar surface area (TPSA) is 89.6 Å². The maximum absolute atomic E-state index is 13.2. The fourth-order valence-corrected chi connectivity index (χ4v) is 1.15. The molecule has 0 aliphatic carbocycles. The number of nitrogens with two attached hydrogens (primary N) is 1. The summed E-state index contributed by atoms with van der Waals surface area (Å²) in [5.74, 6) is -2.87. The molecular weight excluding hydrogens is 229 g/mol. The van der Waals surface area contributed by atoms with Crippen molar-refractivity contribution in [2.24, 2.45) is 5.73 Å². The number of halogens is 1. The quantitative estimate of drug-likeness (QED) is 0.748. The molecule has 1 rings (SSSR count). The molecule has 0 aromatic heterocycles. The molecule has 3 N–H and O–H groups in total. The molecule has 0 saturated carbocycles. The van der Waals surface area contributed by atoms with Crippen LogP contribution in [0.4, 0.5) is 4.39 Å². The number of hydrogen-bond acceptors (Lipinski definition) is 3. The molecule has 5 nitrogen and oxygen atoms in total. The summed E-state index contributed by atoms with van der Waals surface area (Å²) < 4.78 is 18.3. The highest BCUT2D eigenvalue weighted by atomic mass is 19.1. The van der Waals surface area contributed by atoms with Crippen LogP contribution >= 0.6 is 0 Å². The molecule has 0 atom stereocenters. The lowest BCUT2D eigenvalue weighted by Gasteiger charge is -2.07. The Morgan fingerprint density at radius 1 is 1.47 bits per heavy atom. The molecule has 90 valence electrons. The average Bonchev–Trinajstić information content (AvgIpc) is 2.23. The summed E-state index contributed by atoms with van der Waals surface area (Å²) in [6, 6.07) is 3.82. The van der Waals surface area contributed by atoms with Crippen LogP contribution < -0.4 is 10.5 Å². The first kappa shape index (κ1) is 12.7. The standard InChI is InChI=1S/C11H10FNO4/c12-7-3-1-4-8(10(7)11(13)16)17-6-2-5-9(14)15/h1-5H,6H2,(H2,13,16)(H,14,15)/b5-2+. The van der Waals surface area contributed by atoms with Crippen molar-refractivity contribution in [2.45, 2.75) is 0 Å². The predicted octanol–water partition coefficient (Wildman–Crippen LogP) is 0.944. The second-order valence-electron chi connectivity index (χ2n) is 3.03. The van der Waals surface area contributed by atoms with E-state index in [1.807, 2.05) is 0 Å². The number of carbonyl (C=O) groups is 2. The third kappa shape index (κ3) is 3.60. The molecule has 0 saturated heterocycles. The third-order valence-corrected chi connectivity index (χ3v) is 1.82. The van der Waals surface area contributed by atoms with E-state index in [0.717, 1.165) is 12.1 Å². The van der Waals surface area contributed by atoms with E-state index in [1.54, 1.807) is 0 Å². The van der Waals surface area contributed by atoms with Crippen molar-refractivity contribution in [1.29, 1.82) is 0 Å². The number of benzene rings is 1. The number of aliphatic carboxylic acids is 1. The van der Waals surface area contributed by atoms with Gasteiger partial charge in [0, 0.05) is 6.08 Å². The summed E-state index contributed by atoms with van der Waals surface area (Å²) in [7, 11) is 0. The Bertz CT molecular complexity index is 471. The van der Waals surface area contributed by atoms with Gasteiger partial charge in [-0.25, -0.2) is 9.18 Å². The zero-order valence-corrected chi connectivity index (χ0v) is 8.72. The minimum atomic E-state index is -1.12. The van der Waals surface area contributed by atoms with Crippen LogP contribution in [-0.2, 0) is 4.79 Å². The number of carboxylic acids is 1. The van der Waals surface area contributed by atoms with E-state index in [-0.39, 0.29) is 17.9 Å². The summed E-state index contributed by atoms with van der Waals surface area (Å²) in [5.41, 5.74) is 4.65. The number of carboxylic acid groups (broad SMARTS) is 1. The second kappa shape index (κ2) is 5.64. The first-order valence-electron chi connectivity index (χ1n) is 4.63. The molecule has 0 unspecified atom stereocenters. The molecule has 0 spiro atoms. The van der Waals surface area contributed by atoms with Gasteiger partial charge in [0.05, 0.1) is 0 Å². The van der Waals surface area contributed by atoms with Crippen LogP contribution in [0.1, 0.15) is 10.4 Å². The lowest BCUT2D eigenvalue weighted by atomic mass is 10.2. The summed E-state index contributed by atoms with van der Waals surface area (Å²) in [6.45, 7) is -0.101. The van der Waals surface area contributed by atoms with Crippen molar-refractivity contribution in [3.63, 3.8) is 0 Å². The van der Waals surface area contributed by atoms with Crippen molar-refractivity contribution in [3.05, 3.63) is 41.7 Å². The van der Waals surface area contributed by atoms with Gasteiger partial charge in [-0.05, 0) is 18.2 Å². The maximum Gasteiger partial charge on any atom is 0.328 e. The Morgan fingerprint density at radius 2 is 2.18 bits per heavy atom. The zero-order valence-electron chi connectivity index (χ0n) is 8.72. The second-order valence-corrected chi connectivity index (χ2v) is 3.03. The normalized spacial score (nSPS) is 10.4. The van der Waals surface area contributed by atoms with Gasteiger partial charge in [0.25, 0.3) is 5.91 Å². The van der Waals surface area contributed by atoms with Gasteiger partial charge in [0.2, 0.25) is 0 Å². The smallest absolute Gasteiger partial charge is 0.328 e. The van der Waals surface area contributed by atoms with E-state index in [0.29, 0.717) is 0 Å². The predicted molar refractivity (Wildman–Crippen MR) is 57.2 cm³/mol. The van der Waals surface area contributed by atoms with Gasteiger partial charge in [0.15, 0.2) is 0 Å². The molecule has 0 radical (unpaired) electrons. The SMILES string of the molecule is NC(=O)c1c(F)cccc1OC/C=C/C(=O)O. The number of carbonyl (C=O) groups excluding carboxylic acids is 1. The van der Waals surface area contributed by atoms with E-state index >= 15 is 0 Å². The number of rotatable bonds is 5. The van der Waals surface area contributed by atoms with Crippen molar-refractivity contribution < 1.29 is 23.8 Å². The monoisotopic (exact) mass is 239 g/mol. The van der Waals surface area contributed by atoms with E-state index in [2.05, 4.69) is 0 Å². The van der Waals surface area contributed by atoms with Crippen molar-refractivity contribution in [2.75, 3.05) is 6.61 Å². The summed E-state index contributed by atoms with van der Waals surface area (Å²) in [4.78, 5) is 21.1. The molecule has 1 aromatic rings. The molecular formula is C11H10FNO4. The Kier molecular flexibility index (Phi) is 4.21. The van der Waals surface area contributed by atoms with Gasteiger partial charge < -0.3 is 15.6 Å². The third-order valence-electron chi connectivity index (χ3n) is 1.82. The molecule has 0 heterocycles. The summed E-state index contributed by atoms with van der Waals surface area (Å²) in [6.07, 6.45) is 2.10. The Morgan fingerprint density at radius 3 is 2.76 bits per heavy atom. The molecule has 0 fully saturated rings. The van der Waals surface area contributed by atoms with Crippen molar-refractivity contribution in [1.82, 2.24) is 0 Å². The highest BCUT2D eigenvalue weighted by Crippen LogP contribution is 2.20. The first-order valence-corrected chi connectivity index (χ1v) is 4.63. The van der Waals surface area contributed by atoms with Gasteiger partial charge >= 0.3 is 5.97 Å². The van der Waals surface area contributed by atoms with Crippen LogP contribution in [0.25, 0.3) is 0 Å². The van der Waals surface area contributed by atoms with E-state index in [1.165, 1.54) is 18.2 Å². The molecule has 0 aliphatic rings. The number of hydrogen-bond donors (Lipinski definition) is 2. The molecule has 17 heavy (non-hydrogen) atoms. The van der Waals surface area contributed by atoms with E-state index < -0.39 is 17.7 Å². The van der Waals surface area contributed by atoms with Gasteiger partial charge in [-0.3, -0.25) is 4.79 Å². The largest absolute Gasteiger partial charge is 0.489 e. The Labute approximate surface area is 96.3 Å². The van der Waals surface area contributed by atoms with Gasteiger partial charge in [-0.15, -0.1) is 0 Å². The molecule has 0 aliphatic heterocycles. The van der Waals surface area contributed by atoms with Crippen LogP contribution in [0.3, 0.4) is 0 Å². The van der Waals surface area contributed by atoms with Gasteiger partial charge in [0.1, 0.15) is 23.7 Å². The van der Waals surface area contributed by atoms with E-state index in [9.17, 15) is 14.0 Å². The minimum Gasteiger partial charge on any atom is -0.489 e. The lowest BCUT2D eigenvalue weighted by molar-refractivity contribution is -0.131. The Hall–Kier alpha value is -2.37. The summed E-state index contributed by atoms with van der Waals surface area (Å²) >= 11 is 0. The minimum absolute atomic E-state index is 0.0208. The van der Waals surface area contributed by atoms with Gasteiger partial charge in [-0.2, -0.15) is 0 Å². The fourth-order valence-electron chi connectivity index (χ4n) is 1.15. The maximum atomic E-state index is 13.2. The van der Waals surface area contributed by atoms with Crippen LogP contribution in [-0.4, -0.2) is 23.6 Å². The van der Waals surface area contributed by atoms with E-state index in [4.69, 9.17) is 15.6 Å². The number of primary amides is 1. The molecule has 1 aromatic carbocycles. The highest BCUT2D eigenvalue weighted by Gasteiger charge is 2.14. The van der Waals surface area contributed by atoms with Gasteiger partial charge in [-0.1, -0.05) is 6.07 Å². The summed E-state index contributed by atoms with van der Waals surface area (Å²) in [5, 5.41) is 8.32. The molecule has 6 heteroatoms. The van der Waals surface area contributed by atoms with Crippen LogP contribution in [0.2, 0.25) is 0 Å². The zero-order chi connectivity index (χ0) is 12.8. The number of ether oxygens (including phenoxy) is 1. The molecule has 1 amide bonds. The molecule has 0 bridgehead atoms. The Balaban J connectivity index is 2.81. The fraction of sp³-hybridized carbons (Fsp3) is 0.0909. The van der Waals surface area contributed by atoms with Crippen molar-refractivity contribution in [3.8, 4) is 5.75 Å². The number of amides is 1. The average molecular weight is 239 g/mol.